The number of likely N-dealkylation sites (N-methyl/N-ethyl adjacent to an activating group) is 1. The molecule has 1 aliphatic rings. The quantitative estimate of drug-likeness (QED) is 0.866. The van der Waals surface area contributed by atoms with Crippen LogP contribution in [0, 0.1) is 5.41 Å². The zero-order valence-corrected chi connectivity index (χ0v) is 13.2. The Bertz CT molecular complexity index is 519. The number of hydrogen-bond donors (Lipinski definition) is 1. The van der Waals surface area contributed by atoms with Crippen LogP contribution in [0.5, 0.6) is 0 Å². The Kier molecular flexibility index (Phi) is 4.47. The van der Waals surface area contributed by atoms with Gasteiger partial charge in [0.25, 0.3) is 0 Å². The lowest BCUT2D eigenvalue weighted by atomic mass is 9.85. The number of nitrogens with one attached hydrogen (secondary N) is 1. The molecule has 0 bridgehead atoms. The molecule has 114 valence electrons. The van der Waals surface area contributed by atoms with E-state index >= 15 is 0 Å². The maximum Gasteiger partial charge on any atom is 0.246 e. The third-order valence-corrected chi connectivity index (χ3v) is 3.80. The maximum absolute atomic E-state index is 12.1. The van der Waals surface area contributed by atoms with Crippen molar-refractivity contribution >= 4 is 11.8 Å². The van der Waals surface area contributed by atoms with Crippen molar-refractivity contribution < 1.29 is 9.59 Å². The Morgan fingerprint density at radius 2 is 1.86 bits per heavy atom. The number of benzene rings is 1. The molecule has 1 aromatic rings. The standard InChI is InChI=1S/C17H24N2O2/c1-17(2,3)11-14(12-8-6-5-7-9-12)18-13-10-15(20)19(4)16(13)21/h5-9,13-14,18H,10-11H2,1-4H3. The smallest absolute Gasteiger partial charge is 0.246 e. The summed E-state index contributed by atoms with van der Waals surface area (Å²) in [6, 6.07) is 9.77. The second-order valence-electron chi connectivity index (χ2n) is 6.94. The van der Waals surface area contributed by atoms with E-state index in [1.807, 2.05) is 18.2 Å². The van der Waals surface area contributed by atoms with E-state index in [-0.39, 0.29) is 29.7 Å². The lowest BCUT2D eigenvalue weighted by molar-refractivity contribution is -0.137. The molecule has 0 spiro atoms. The van der Waals surface area contributed by atoms with Crippen LogP contribution in [0.15, 0.2) is 30.3 Å². The van der Waals surface area contributed by atoms with Crippen molar-refractivity contribution in [3.05, 3.63) is 35.9 Å². The second kappa shape index (κ2) is 5.98. The van der Waals surface area contributed by atoms with Gasteiger partial charge in [0.15, 0.2) is 0 Å². The van der Waals surface area contributed by atoms with Crippen LogP contribution >= 0.6 is 0 Å². The first-order valence-electron chi connectivity index (χ1n) is 7.39. The fourth-order valence-corrected chi connectivity index (χ4v) is 2.70. The first-order valence-corrected chi connectivity index (χ1v) is 7.39. The molecule has 0 aromatic heterocycles. The van der Waals surface area contributed by atoms with E-state index in [9.17, 15) is 9.59 Å². The summed E-state index contributed by atoms with van der Waals surface area (Å²) >= 11 is 0. The van der Waals surface area contributed by atoms with Gasteiger partial charge in [-0.2, -0.15) is 0 Å². The van der Waals surface area contributed by atoms with E-state index in [2.05, 4.69) is 38.2 Å². The minimum absolute atomic E-state index is 0.0689. The van der Waals surface area contributed by atoms with Crippen molar-refractivity contribution in [3.8, 4) is 0 Å². The van der Waals surface area contributed by atoms with Crippen LogP contribution in [0.25, 0.3) is 0 Å². The minimum Gasteiger partial charge on any atom is -0.298 e. The Morgan fingerprint density at radius 1 is 1.24 bits per heavy atom. The molecule has 0 radical (unpaired) electrons. The number of carbonyl (C=O) groups excluding carboxylic acids is 2. The molecule has 1 aliphatic heterocycles. The summed E-state index contributed by atoms with van der Waals surface area (Å²) in [6.45, 7) is 6.54. The molecular formula is C17H24N2O2. The van der Waals surface area contributed by atoms with Crippen LogP contribution in [0.4, 0.5) is 0 Å². The van der Waals surface area contributed by atoms with Crippen molar-refractivity contribution in [2.24, 2.45) is 5.41 Å². The Morgan fingerprint density at radius 3 is 2.33 bits per heavy atom. The highest BCUT2D eigenvalue weighted by atomic mass is 16.2. The van der Waals surface area contributed by atoms with Gasteiger partial charge in [0.05, 0.1) is 12.5 Å². The predicted molar refractivity (Wildman–Crippen MR) is 82.6 cm³/mol. The maximum atomic E-state index is 12.1. The van der Waals surface area contributed by atoms with E-state index < -0.39 is 6.04 Å². The predicted octanol–water partition coefficient (Wildman–Crippen LogP) is 2.51. The summed E-state index contributed by atoms with van der Waals surface area (Å²) < 4.78 is 0. The van der Waals surface area contributed by atoms with E-state index in [0.717, 1.165) is 12.0 Å². The Labute approximate surface area is 126 Å². The van der Waals surface area contributed by atoms with E-state index in [0.29, 0.717) is 0 Å². The topological polar surface area (TPSA) is 49.4 Å². The normalized spacial score (nSPS) is 21.0. The van der Waals surface area contributed by atoms with Crippen LogP contribution in [0.1, 0.15) is 45.2 Å². The number of likely N-dealkylation sites (tertiary alicyclic amines) is 1. The van der Waals surface area contributed by atoms with E-state index in [4.69, 9.17) is 0 Å². The summed E-state index contributed by atoms with van der Waals surface area (Å²) in [6.07, 6.45) is 1.15. The largest absolute Gasteiger partial charge is 0.298 e. The lowest BCUT2D eigenvalue weighted by Gasteiger charge is -2.29. The zero-order chi connectivity index (χ0) is 15.6. The SMILES string of the molecule is CN1C(=O)CC(NC(CC(C)(C)C)c2ccccc2)C1=O. The van der Waals surface area contributed by atoms with Crippen molar-refractivity contribution in [1.29, 1.82) is 0 Å². The van der Waals surface area contributed by atoms with Gasteiger partial charge in [0, 0.05) is 13.1 Å². The van der Waals surface area contributed by atoms with Crippen LogP contribution in [-0.2, 0) is 9.59 Å². The number of amides is 2. The molecule has 4 heteroatoms. The van der Waals surface area contributed by atoms with Gasteiger partial charge in [-0.3, -0.25) is 19.8 Å². The molecule has 4 nitrogen and oxygen atoms in total. The van der Waals surface area contributed by atoms with Gasteiger partial charge in [-0.1, -0.05) is 51.1 Å². The molecule has 1 heterocycles. The van der Waals surface area contributed by atoms with E-state index in [1.165, 1.54) is 4.90 Å². The van der Waals surface area contributed by atoms with Gasteiger partial charge in [0.2, 0.25) is 11.8 Å². The van der Waals surface area contributed by atoms with Gasteiger partial charge in [-0.25, -0.2) is 0 Å². The number of imide groups is 1. The molecule has 1 saturated heterocycles. The Balaban J connectivity index is 2.17. The summed E-state index contributed by atoms with van der Waals surface area (Å²) in [4.78, 5) is 25.0. The molecule has 2 atom stereocenters. The highest BCUT2D eigenvalue weighted by Gasteiger charge is 2.37. The first kappa shape index (κ1) is 15.7. The summed E-state index contributed by atoms with van der Waals surface area (Å²) in [5, 5.41) is 3.39. The van der Waals surface area contributed by atoms with Gasteiger partial charge in [-0.05, 0) is 17.4 Å². The van der Waals surface area contributed by atoms with Gasteiger partial charge in [0.1, 0.15) is 0 Å². The molecule has 1 aromatic carbocycles. The Hall–Kier alpha value is -1.68. The number of carbonyl (C=O) groups is 2. The molecule has 1 N–H and O–H groups in total. The van der Waals surface area contributed by atoms with E-state index in [1.54, 1.807) is 7.05 Å². The van der Waals surface area contributed by atoms with Crippen molar-refractivity contribution in [2.75, 3.05) is 7.05 Å². The van der Waals surface area contributed by atoms with Crippen LogP contribution in [-0.4, -0.2) is 29.8 Å². The summed E-state index contributed by atoms with van der Waals surface area (Å²) in [5.41, 5.74) is 1.28. The lowest BCUT2D eigenvalue weighted by Crippen LogP contribution is -2.40. The highest BCUT2D eigenvalue weighted by Crippen LogP contribution is 2.30. The number of nitrogens with zero attached hydrogens (tertiary/aromatic N) is 1. The van der Waals surface area contributed by atoms with Crippen LogP contribution < -0.4 is 5.32 Å². The molecule has 2 rings (SSSR count). The fraction of sp³-hybridized carbons (Fsp3) is 0.529. The molecule has 21 heavy (non-hydrogen) atoms. The fourth-order valence-electron chi connectivity index (χ4n) is 2.70. The van der Waals surface area contributed by atoms with Gasteiger partial charge < -0.3 is 0 Å². The number of hydrogen-bond acceptors (Lipinski definition) is 3. The molecule has 2 amide bonds. The third kappa shape index (κ3) is 3.91. The van der Waals surface area contributed by atoms with Gasteiger partial charge >= 0.3 is 0 Å². The van der Waals surface area contributed by atoms with Crippen molar-refractivity contribution in [1.82, 2.24) is 10.2 Å². The monoisotopic (exact) mass is 288 g/mol. The molecule has 0 saturated carbocycles. The average molecular weight is 288 g/mol. The number of rotatable bonds is 4. The molecule has 1 fully saturated rings. The molecule has 0 aliphatic carbocycles. The van der Waals surface area contributed by atoms with Crippen molar-refractivity contribution in [3.63, 3.8) is 0 Å². The first-order chi connectivity index (χ1) is 9.78. The second-order valence-corrected chi connectivity index (χ2v) is 6.94. The van der Waals surface area contributed by atoms with Crippen LogP contribution in [0.2, 0.25) is 0 Å². The highest BCUT2D eigenvalue weighted by molar-refractivity contribution is 6.05. The van der Waals surface area contributed by atoms with Crippen molar-refractivity contribution in [2.45, 2.75) is 45.7 Å². The molecular weight excluding hydrogens is 264 g/mol. The summed E-state index contributed by atoms with van der Waals surface area (Å²) in [7, 11) is 1.55. The summed E-state index contributed by atoms with van der Waals surface area (Å²) in [5.74, 6) is -0.241. The van der Waals surface area contributed by atoms with Gasteiger partial charge in [-0.15, -0.1) is 0 Å². The zero-order valence-electron chi connectivity index (χ0n) is 13.2. The average Bonchev–Trinajstić information content (AvgIpc) is 2.65. The third-order valence-electron chi connectivity index (χ3n) is 3.80. The molecule has 2 unspecified atom stereocenters. The van der Waals surface area contributed by atoms with Crippen LogP contribution in [0.3, 0.4) is 0 Å². The minimum atomic E-state index is -0.407.